The highest BCUT2D eigenvalue weighted by Gasteiger charge is 2.19. The van der Waals surface area contributed by atoms with Gasteiger partial charge in [0.15, 0.2) is 0 Å². The Morgan fingerprint density at radius 1 is 1.58 bits per heavy atom. The second-order valence-corrected chi connectivity index (χ2v) is 5.77. The molecule has 1 aromatic rings. The van der Waals surface area contributed by atoms with Crippen molar-refractivity contribution in [1.82, 2.24) is 4.90 Å². The van der Waals surface area contributed by atoms with Crippen LogP contribution in [0.4, 0.5) is 10.1 Å². The zero-order chi connectivity index (χ0) is 13.8. The number of morpholine rings is 1. The minimum Gasteiger partial charge on any atom is -0.380 e. The average Bonchev–Trinajstić information content (AvgIpc) is 2.37. The van der Waals surface area contributed by atoms with Gasteiger partial charge in [0.1, 0.15) is 5.82 Å². The van der Waals surface area contributed by atoms with Crippen LogP contribution < -0.4 is 5.32 Å². The largest absolute Gasteiger partial charge is 0.380 e. The lowest BCUT2D eigenvalue weighted by atomic mass is 10.2. The van der Waals surface area contributed by atoms with Crippen LogP contribution in [-0.4, -0.2) is 43.8 Å². The summed E-state index contributed by atoms with van der Waals surface area (Å²) in [7, 11) is 0. The van der Waals surface area contributed by atoms with Gasteiger partial charge in [-0.15, -0.1) is 0 Å². The van der Waals surface area contributed by atoms with Crippen molar-refractivity contribution >= 4 is 33.2 Å². The van der Waals surface area contributed by atoms with Crippen molar-refractivity contribution < 1.29 is 9.13 Å². The summed E-state index contributed by atoms with van der Waals surface area (Å²) in [4.78, 5) is 2.34. The maximum absolute atomic E-state index is 13.1. The van der Waals surface area contributed by atoms with Gasteiger partial charge in [0.2, 0.25) is 0 Å². The van der Waals surface area contributed by atoms with E-state index >= 15 is 0 Å². The predicted octanol–water partition coefficient (Wildman–Crippen LogP) is 3.37. The summed E-state index contributed by atoms with van der Waals surface area (Å²) in [6.45, 7) is 6.46. The van der Waals surface area contributed by atoms with Gasteiger partial charge in [-0.3, -0.25) is 4.90 Å². The summed E-state index contributed by atoms with van der Waals surface area (Å²) in [6.07, 6.45) is 0.127. The van der Waals surface area contributed by atoms with Crippen molar-refractivity contribution in [2.24, 2.45) is 0 Å². The fraction of sp³-hybridized carbons (Fsp3) is 0.538. The molecule has 0 saturated carbocycles. The minimum atomic E-state index is -0.353. The summed E-state index contributed by atoms with van der Waals surface area (Å²) >= 11 is 9.34. The Balaban J connectivity index is 1.95. The second kappa shape index (κ2) is 6.88. The molecule has 6 heteroatoms. The monoisotopic (exact) mass is 350 g/mol. The Labute approximate surface area is 126 Å². The summed E-state index contributed by atoms with van der Waals surface area (Å²) < 4.78 is 19.5. The van der Waals surface area contributed by atoms with E-state index in [2.05, 4.69) is 33.1 Å². The van der Waals surface area contributed by atoms with E-state index < -0.39 is 0 Å². The third-order valence-electron chi connectivity index (χ3n) is 3.18. The second-order valence-electron chi connectivity index (χ2n) is 4.51. The number of anilines is 1. The molecule has 1 atom stereocenters. The molecule has 0 bridgehead atoms. The normalized spacial score (nSPS) is 20.5. The molecule has 0 amide bonds. The molecule has 19 heavy (non-hydrogen) atoms. The highest BCUT2D eigenvalue weighted by atomic mass is 79.9. The molecule has 106 valence electrons. The zero-order valence-electron chi connectivity index (χ0n) is 10.8. The molecule has 0 spiro atoms. The van der Waals surface area contributed by atoms with Crippen LogP contribution in [-0.2, 0) is 4.74 Å². The van der Waals surface area contributed by atoms with Crippen molar-refractivity contribution in [3.63, 3.8) is 0 Å². The van der Waals surface area contributed by atoms with Crippen molar-refractivity contribution in [3.05, 3.63) is 27.4 Å². The van der Waals surface area contributed by atoms with Crippen molar-refractivity contribution in [2.45, 2.75) is 13.0 Å². The maximum atomic E-state index is 13.1. The molecular formula is C13H17BrClFN2O. The molecule has 1 aliphatic rings. The standard InChI is InChI=1S/C13H17BrClFN2O/c1-2-18-3-4-19-10(8-18)7-17-13-11(14)5-9(16)6-12(13)15/h5-6,10,17H,2-4,7-8H2,1H3. The van der Waals surface area contributed by atoms with Crippen molar-refractivity contribution in [1.29, 1.82) is 0 Å². The molecule has 3 nitrogen and oxygen atoms in total. The third-order valence-corrected chi connectivity index (χ3v) is 4.11. The lowest BCUT2D eigenvalue weighted by Crippen LogP contribution is -2.45. The molecule has 0 aliphatic carbocycles. The van der Waals surface area contributed by atoms with E-state index in [1.165, 1.54) is 12.1 Å². The summed E-state index contributed by atoms with van der Waals surface area (Å²) in [5.74, 6) is -0.353. The zero-order valence-corrected chi connectivity index (χ0v) is 13.1. The van der Waals surface area contributed by atoms with Crippen LogP contribution in [0, 0.1) is 5.82 Å². The highest BCUT2D eigenvalue weighted by Crippen LogP contribution is 2.31. The molecule has 1 aromatic carbocycles. The van der Waals surface area contributed by atoms with Gasteiger partial charge in [0.25, 0.3) is 0 Å². The van der Waals surface area contributed by atoms with Crippen LogP contribution >= 0.6 is 27.5 Å². The summed E-state index contributed by atoms with van der Waals surface area (Å²) in [6, 6.07) is 2.70. The van der Waals surface area contributed by atoms with E-state index in [1.807, 2.05) is 0 Å². The fourth-order valence-electron chi connectivity index (χ4n) is 2.12. The molecule has 1 heterocycles. The number of hydrogen-bond acceptors (Lipinski definition) is 3. The molecule has 1 N–H and O–H groups in total. The van der Waals surface area contributed by atoms with Crippen LogP contribution in [0.5, 0.6) is 0 Å². The lowest BCUT2D eigenvalue weighted by Gasteiger charge is -2.32. The molecule has 2 rings (SSSR count). The molecule has 1 saturated heterocycles. The Morgan fingerprint density at radius 2 is 2.37 bits per heavy atom. The number of rotatable bonds is 4. The Kier molecular flexibility index (Phi) is 5.45. The quantitative estimate of drug-likeness (QED) is 0.900. The van der Waals surface area contributed by atoms with Crippen LogP contribution in [0.25, 0.3) is 0 Å². The number of halogens is 3. The minimum absolute atomic E-state index is 0.127. The van der Waals surface area contributed by atoms with Gasteiger partial charge in [-0.25, -0.2) is 4.39 Å². The van der Waals surface area contributed by atoms with Gasteiger partial charge in [-0.2, -0.15) is 0 Å². The van der Waals surface area contributed by atoms with E-state index in [0.717, 1.165) is 26.2 Å². The topological polar surface area (TPSA) is 24.5 Å². The van der Waals surface area contributed by atoms with Gasteiger partial charge < -0.3 is 10.1 Å². The van der Waals surface area contributed by atoms with Crippen LogP contribution in [0.3, 0.4) is 0 Å². The first-order valence-corrected chi connectivity index (χ1v) is 7.49. The molecular weight excluding hydrogens is 335 g/mol. The average molecular weight is 352 g/mol. The maximum Gasteiger partial charge on any atom is 0.125 e. The first-order chi connectivity index (χ1) is 9.10. The SMILES string of the molecule is CCN1CCOC(CNc2c(Cl)cc(F)cc2Br)C1. The third kappa shape index (κ3) is 4.05. The van der Waals surface area contributed by atoms with Crippen LogP contribution in [0.2, 0.25) is 5.02 Å². The number of nitrogens with zero attached hydrogens (tertiary/aromatic N) is 1. The number of nitrogens with one attached hydrogen (secondary N) is 1. The molecule has 1 aliphatic heterocycles. The number of ether oxygens (including phenoxy) is 1. The van der Waals surface area contributed by atoms with E-state index in [9.17, 15) is 4.39 Å². The summed E-state index contributed by atoms with van der Waals surface area (Å²) in [5.41, 5.74) is 0.709. The number of likely N-dealkylation sites (N-methyl/N-ethyl adjacent to an activating group) is 1. The smallest absolute Gasteiger partial charge is 0.125 e. The first-order valence-electron chi connectivity index (χ1n) is 6.32. The first kappa shape index (κ1) is 15.0. The number of hydrogen-bond donors (Lipinski definition) is 1. The van der Waals surface area contributed by atoms with Gasteiger partial charge in [0.05, 0.1) is 23.4 Å². The van der Waals surface area contributed by atoms with E-state index in [1.54, 1.807) is 0 Å². The lowest BCUT2D eigenvalue weighted by molar-refractivity contribution is -0.0191. The van der Waals surface area contributed by atoms with Crippen molar-refractivity contribution in [2.75, 3.05) is 38.1 Å². The summed E-state index contributed by atoms with van der Waals surface area (Å²) in [5, 5.41) is 3.60. The number of benzene rings is 1. The van der Waals surface area contributed by atoms with Gasteiger partial charge >= 0.3 is 0 Å². The van der Waals surface area contributed by atoms with Gasteiger partial charge in [-0.05, 0) is 34.6 Å². The van der Waals surface area contributed by atoms with E-state index in [4.69, 9.17) is 16.3 Å². The Bertz CT molecular complexity index is 424. The fourth-order valence-corrected chi connectivity index (χ4v) is 3.08. The van der Waals surface area contributed by atoms with Crippen LogP contribution in [0.15, 0.2) is 16.6 Å². The molecule has 1 fully saturated rings. The van der Waals surface area contributed by atoms with E-state index in [-0.39, 0.29) is 11.9 Å². The molecule has 1 unspecified atom stereocenters. The van der Waals surface area contributed by atoms with Gasteiger partial charge in [-0.1, -0.05) is 18.5 Å². The van der Waals surface area contributed by atoms with Crippen LogP contribution in [0.1, 0.15) is 6.92 Å². The van der Waals surface area contributed by atoms with Gasteiger partial charge in [0, 0.05) is 24.1 Å². The molecule has 0 radical (unpaired) electrons. The predicted molar refractivity (Wildman–Crippen MR) is 79.5 cm³/mol. The molecule has 0 aromatic heterocycles. The Hall–Kier alpha value is -0.360. The van der Waals surface area contributed by atoms with Crippen molar-refractivity contribution in [3.8, 4) is 0 Å². The van der Waals surface area contributed by atoms with E-state index in [0.29, 0.717) is 21.7 Å². The highest BCUT2D eigenvalue weighted by molar-refractivity contribution is 9.10. The Morgan fingerprint density at radius 3 is 3.05 bits per heavy atom.